The van der Waals surface area contributed by atoms with Crippen LogP contribution in [0.4, 0.5) is 0 Å². The standard InChI is InChI=1S/C13H19N5S/c1-9(13-17-16-10(2)19-13)18-7-3-4-11(8-18)12-14-5-6-15-12/h5-6,9,11H,3-4,7-8H2,1-2H3,(H,14,15). The molecule has 5 nitrogen and oxygen atoms in total. The van der Waals surface area contributed by atoms with Gasteiger partial charge in [-0.3, -0.25) is 4.90 Å². The van der Waals surface area contributed by atoms with E-state index in [-0.39, 0.29) is 0 Å². The highest BCUT2D eigenvalue weighted by molar-refractivity contribution is 7.11. The number of nitrogens with zero attached hydrogens (tertiary/aromatic N) is 4. The topological polar surface area (TPSA) is 57.7 Å². The van der Waals surface area contributed by atoms with E-state index in [1.165, 1.54) is 12.8 Å². The maximum absolute atomic E-state index is 4.40. The normalized spacial score (nSPS) is 22.5. The van der Waals surface area contributed by atoms with Gasteiger partial charge in [0.1, 0.15) is 15.8 Å². The van der Waals surface area contributed by atoms with E-state index in [0.717, 1.165) is 28.9 Å². The van der Waals surface area contributed by atoms with Crippen LogP contribution in [0.1, 0.15) is 47.6 Å². The first kappa shape index (κ1) is 12.7. The van der Waals surface area contributed by atoms with Crippen LogP contribution in [0.2, 0.25) is 0 Å². The second-order valence-electron chi connectivity index (χ2n) is 5.14. The average Bonchev–Trinajstić information content (AvgIpc) is 3.09. The van der Waals surface area contributed by atoms with E-state index in [1.807, 2.05) is 19.3 Å². The lowest BCUT2D eigenvalue weighted by atomic mass is 9.96. The van der Waals surface area contributed by atoms with Gasteiger partial charge in [-0.25, -0.2) is 4.98 Å². The van der Waals surface area contributed by atoms with E-state index in [1.54, 1.807) is 11.3 Å². The minimum atomic E-state index is 0.351. The molecular formula is C13H19N5S. The molecule has 0 aliphatic carbocycles. The Kier molecular flexibility index (Phi) is 3.61. The summed E-state index contributed by atoms with van der Waals surface area (Å²) in [6, 6.07) is 0.351. The van der Waals surface area contributed by atoms with Gasteiger partial charge in [0.25, 0.3) is 0 Å². The second-order valence-corrected chi connectivity index (χ2v) is 6.36. The van der Waals surface area contributed by atoms with Gasteiger partial charge in [-0.2, -0.15) is 0 Å². The highest BCUT2D eigenvalue weighted by Gasteiger charge is 2.27. The molecule has 2 aromatic rings. The monoisotopic (exact) mass is 277 g/mol. The fourth-order valence-electron chi connectivity index (χ4n) is 2.72. The van der Waals surface area contributed by atoms with Crippen LogP contribution < -0.4 is 0 Å². The number of aromatic amines is 1. The summed E-state index contributed by atoms with van der Waals surface area (Å²) in [5.74, 6) is 1.63. The lowest BCUT2D eigenvalue weighted by molar-refractivity contribution is 0.155. The SMILES string of the molecule is Cc1nnc(C(C)N2CCCC(c3ncc[nH]3)C2)s1. The van der Waals surface area contributed by atoms with Crippen LogP contribution >= 0.6 is 11.3 Å². The van der Waals surface area contributed by atoms with Crippen LogP contribution in [0.15, 0.2) is 12.4 Å². The fraction of sp³-hybridized carbons (Fsp3) is 0.615. The molecule has 0 amide bonds. The third kappa shape index (κ3) is 2.69. The third-order valence-corrected chi connectivity index (χ3v) is 4.81. The smallest absolute Gasteiger partial charge is 0.134 e. The zero-order valence-corrected chi connectivity index (χ0v) is 12.2. The molecule has 1 fully saturated rings. The van der Waals surface area contributed by atoms with Crippen LogP contribution in [0.25, 0.3) is 0 Å². The molecule has 3 heterocycles. The molecule has 1 aliphatic heterocycles. The summed E-state index contributed by atoms with van der Waals surface area (Å²) in [6.07, 6.45) is 6.18. The zero-order valence-electron chi connectivity index (χ0n) is 11.3. The fourth-order valence-corrected chi connectivity index (χ4v) is 3.50. The minimum Gasteiger partial charge on any atom is -0.348 e. The highest BCUT2D eigenvalue weighted by atomic mass is 32.1. The lowest BCUT2D eigenvalue weighted by Gasteiger charge is -2.35. The molecule has 1 N–H and O–H groups in total. The van der Waals surface area contributed by atoms with Gasteiger partial charge >= 0.3 is 0 Å². The van der Waals surface area contributed by atoms with Crippen LogP contribution in [0.3, 0.4) is 0 Å². The maximum atomic E-state index is 4.40. The summed E-state index contributed by atoms with van der Waals surface area (Å²) in [5.41, 5.74) is 0. The van der Waals surface area contributed by atoms with Crippen molar-refractivity contribution in [1.29, 1.82) is 0 Å². The predicted molar refractivity (Wildman–Crippen MR) is 75.2 cm³/mol. The number of H-pyrrole nitrogens is 1. The number of rotatable bonds is 3. The van der Waals surface area contributed by atoms with E-state index in [4.69, 9.17) is 0 Å². The molecule has 0 spiro atoms. The highest BCUT2D eigenvalue weighted by Crippen LogP contribution is 2.31. The van der Waals surface area contributed by atoms with Crippen LogP contribution in [-0.4, -0.2) is 38.2 Å². The van der Waals surface area contributed by atoms with Gasteiger partial charge in [-0.1, -0.05) is 0 Å². The number of hydrogen-bond donors (Lipinski definition) is 1. The molecular weight excluding hydrogens is 258 g/mol. The van der Waals surface area contributed by atoms with E-state index < -0.39 is 0 Å². The van der Waals surface area contributed by atoms with Crippen LogP contribution in [0.5, 0.6) is 0 Å². The van der Waals surface area contributed by atoms with Gasteiger partial charge < -0.3 is 4.98 Å². The van der Waals surface area contributed by atoms with Gasteiger partial charge in [-0.05, 0) is 33.2 Å². The van der Waals surface area contributed by atoms with Crippen molar-refractivity contribution in [3.8, 4) is 0 Å². The van der Waals surface area contributed by atoms with E-state index in [0.29, 0.717) is 12.0 Å². The van der Waals surface area contributed by atoms with E-state index >= 15 is 0 Å². The third-order valence-electron chi connectivity index (χ3n) is 3.81. The largest absolute Gasteiger partial charge is 0.348 e. The van der Waals surface area contributed by atoms with Gasteiger partial charge in [0.15, 0.2) is 0 Å². The molecule has 2 atom stereocenters. The molecule has 19 heavy (non-hydrogen) atoms. The van der Waals surface area contributed by atoms with Gasteiger partial charge in [0, 0.05) is 24.9 Å². The predicted octanol–water partition coefficient (Wildman–Crippen LogP) is 2.51. The van der Waals surface area contributed by atoms with E-state index in [2.05, 4.69) is 32.0 Å². The Hall–Kier alpha value is -1.27. The molecule has 0 radical (unpaired) electrons. The summed E-state index contributed by atoms with van der Waals surface area (Å²) in [4.78, 5) is 10.1. The Bertz CT molecular complexity index is 521. The first-order valence-electron chi connectivity index (χ1n) is 6.77. The molecule has 6 heteroatoms. The summed E-state index contributed by atoms with van der Waals surface area (Å²) >= 11 is 1.70. The Balaban J connectivity index is 1.71. The molecule has 3 rings (SSSR count). The summed E-state index contributed by atoms with van der Waals surface area (Å²) in [5, 5.41) is 10.6. The van der Waals surface area contributed by atoms with Crippen LogP contribution in [0, 0.1) is 6.92 Å². The number of piperidine rings is 1. The molecule has 2 aromatic heterocycles. The van der Waals surface area contributed by atoms with Crippen molar-refractivity contribution in [2.45, 2.75) is 38.6 Å². The minimum absolute atomic E-state index is 0.351. The maximum Gasteiger partial charge on any atom is 0.134 e. The van der Waals surface area contributed by atoms with Gasteiger partial charge in [0.2, 0.25) is 0 Å². The average molecular weight is 277 g/mol. The Labute approximate surface area is 117 Å². The van der Waals surface area contributed by atoms with Crippen LogP contribution in [-0.2, 0) is 0 Å². The molecule has 0 aromatic carbocycles. The van der Waals surface area contributed by atoms with Crippen molar-refractivity contribution in [3.63, 3.8) is 0 Å². The molecule has 1 saturated heterocycles. The summed E-state index contributed by atoms with van der Waals surface area (Å²) in [7, 11) is 0. The number of likely N-dealkylation sites (tertiary alicyclic amines) is 1. The number of aryl methyl sites for hydroxylation is 1. The Morgan fingerprint density at radius 1 is 1.47 bits per heavy atom. The molecule has 0 bridgehead atoms. The summed E-state index contributed by atoms with van der Waals surface area (Å²) in [6.45, 7) is 6.42. The number of hydrogen-bond acceptors (Lipinski definition) is 5. The Morgan fingerprint density at radius 2 is 2.37 bits per heavy atom. The first-order chi connectivity index (χ1) is 9.24. The van der Waals surface area contributed by atoms with Crippen molar-refractivity contribution in [2.75, 3.05) is 13.1 Å². The first-order valence-corrected chi connectivity index (χ1v) is 7.59. The van der Waals surface area contributed by atoms with Crippen molar-refractivity contribution >= 4 is 11.3 Å². The second kappa shape index (κ2) is 5.38. The van der Waals surface area contributed by atoms with Crippen molar-refractivity contribution < 1.29 is 0 Å². The van der Waals surface area contributed by atoms with Crippen molar-refractivity contribution in [2.24, 2.45) is 0 Å². The number of nitrogens with one attached hydrogen (secondary N) is 1. The molecule has 0 saturated carbocycles. The number of aromatic nitrogens is 4. The van der Waals surface area contributed by atoms with Gasteiger partial charge in [0.05, 0.1) is 6.04 Å². The van der Waals surface area contributed by atoms with Crippen molar-refractivity contribution in [3.05, 3.63) is 28.2 Å². The quantitative estimate of drug-likeness (QED) is 0.936. The van der Waals surface area contributed by atoms with Crippen molar-refractivity contribution in [1.82, 2.24) is 25.1 Å². The number of imidazole rings is 1. The molecule has 102 valence electrons. The van der Waals surface area contributed by atoms with Gasteiger partial charge in [-0.15, -0.1) is 21.5 Å². The Morgan fingerprint density at radius 3 is 3.05 bits per heavy atom. The lowest BCUT2D eigenvalue weighted by Crippen LogP contribution is -2.36. The summed E-state index contributed by atoms with van der Waals surface area (Å²) < 4.78 is 0. The molecule has 1 aliphatic rings. The zero-order chi connectivity index (χ0) is 13.2. The van der Waals surface area contributed by atoms with E-state index in [9.17, 15) is 0 Å². The molecule has 2 unspecified atom stereocenters.